The van der Waals surface area contributed by atoms with Gasteiger partial charge in [0.25, 0.3) is 0 Å². The average Bonchev–Trinajstić information content (AvgIpc) is 2.78. The number of aromatic carboxylic acids is 2. The van der Waals surface area contributed by atoms with E-state index in [0.717, 1.165) is 6.42 Å². The van der Waals surface area contributed by atoms with Crippen LogP contribution in [0.1, 0.15) is 104 Å². The van der Waals surface area contributed by atoms with E-state index in [2.05, 4.69) is 6.92 Å². The highest BCUT2D eigenvalue weighted by molar-refractivity contribution is 6.02. The van der Waals surface area contributed by atoms with E-state index in [1.54, 1.807) is 0 Å². The summed E-state index contributed by atoms with van der Waals surface area (Å²) in [5.74, 6) is -1.69. The molecule has 2 rings (SSSR count). The maximum atomic E-state index is 11.3. The van der Waals surface area contributed by atoms with Crippen LogP contribution in [-0.2, 0) is 6.42 Å². The van der Waals surface area contributed by atoms with Crippen molar-refractivity contribution in [2.75, 3.05) is 0 Å². The smallest absolute Gasteiger partial charge is 0.336 e. The summed E-state index contributed by atoms with van der Waals surface area (Å²) in [5.41, 5.74) is 0.705. The van der Waals surface area contributed by atoms with Crippen LogP contribution in [0, 0.1) is 0 Å². The standard InChI is InChI=1S/C27H36O5/c1-2-3-4-5-6-7-8-9-10-11-12-13-21-14-16-22(17-15-21)32-23-18-19-24(26(28)29)25(20-23)27(30)31/h14-20H,2-13H2,1H3,(H,28,29)(H,30,31). The molecule has 0 radical (unpaired) electrons. The highest BCUT2D eigenvalue weighted by Gasteiger charge is 2.17. The molecule has 0 bridgehead atoms. The van der Waals surface area contributed by atoms with E-state index in [-0.39, 0.29) is 11.1 Å². The van der Waals surface area contributed by atoms with Crippen LogP contribution in [-0.4, -0.2) is 22.2 Å². The van der Waals surface area contributed by atoms with E-state index in [9.17, 15) is 14.7 Å². The SMILES string of the molecule is CCCCCCCCCCCCCc1ccc(Oc2ccc(C(=O)O)c(C(=O)O)c2)cc1. The van der Waals surface area contributed by atoms with Crippen molar-refractivity contribution in [3.63, 3.8) is 0 Å². The van der Waals surface area contributed by atoms with Gasteiger partial charge in [0, 0.05) is 0 Å². The Morgan fingerprint density at radius 3 is 1.69 bits per heavy atom. The van der Waals surface area contributed by atoms with E-state index < -0.39 is 11.9 Å². The normalized spacial score (nSPS) is 10.8. The third kappa shape index (κ3) is 9.13. The predicted octanol–water partition coefficient (Wildman–Crippen LogP) is 7.73. The first-order valence-corrected chi connectivity index (χ1v) is 11.9. The van der Waals surface area contributed by atoms with Crippen molar-refractivity contribution < 1.29 is 24.5 Å². The molecule has 0 saturated carbocycles. The van der Waals surface area contributed by atoms with E-state index in [1.807, 2.05) is 24.3 Å². The number of benzene rings is 2. The first-order chi connectivity index (χ1) is 15.5. The van der Waals surface area contributed by atoms with Gasteiger partial charge in [-0.3, -0.25) is 0 Å². The van der Waals surface area contributed by atoms with Gasteiger partial charge < -0.3 is 14.9 Å². The lowest BCUT2D eigenvalue weighted by Gasteiger charge is -2.09. The molecule has 2 aromatic rings. The largest absolute Gasteiger partial charge is 0.478 e. The van der Waals surface area contributed by atoms with Crippen LogP contribution in [0.25, 0.3) is 0 Å². The average molecular weight is 441 g/mol. The van der Waals surface area contributed by atoms with Gasteiger partial charge in [-0.25, -0.2) is 9.59 Å². The van der Waals surface area contributed by atoms with Crippen LogP contribution < -0.4 is 4.74 Å². The van der Waals surface area contributed by atoms with Gasteiger partial charge in [-0.15, -0.1) is 0 Å². The Hall–Kier alpha value is -2.82. The molecule has 0 atom stereocenters. The maximum absolute atomic E-state index is 11.3. The summed E-state index contributed by atoms with van der Waals surface area (Å²) >= 11 is 0. The van der Waals surface area contributed by atoms with Crippen molar-refractivity contribution in [3.05, 3.63) is 59.2 Å². The van der Waals surface area contributed by atoms with Crippen molar-refractivity contribution in [2.45, 2.75) is 84.0 Å². The van der Waals surface area contributed by atoms with Gasteiger partial charge in [-0.05, 0) is 48.7 Å². The van der Waals surface area contributed by atoms with Gasteiger partial charge in [0.05, 0.1) is 11.1 Å². The molecule has 0 aromatic heterocycles. The lowest BCUT2D eigenvalue weighted by Crippen LogP contribution is -2.07. The first-order valence-electron chi connectivity index (χ1n) is 11.9. The van der Waals surface area contributed by atoms with Crippen molar-refractivity contribution in [1.29, 1.82) is 0 Å². The van der Waals surface area contributed by atoms with Gasteiger partial charge in [0.1, 0.15) is 11.5 Å². The zero-order valence-corrected chi connectivity index (χ0v) is 19.1. The monoisotopic (exact) mass is 440 g/mol. The lowest BCUT2D eigenvalue weighted by atomic mass is 10.0. The molecule has 0 spiro atoms. The fraction of sp³-hybridized carbons (Fsp3) is 0.481. The number of carboxylic acid groups (broad SMARTS) is 2. The summed E-state index contributed by atoms with van der Waals surface area (Å²) in [6.07, 6.45) is 15.7. The van der Waals surface area contributed by atoms with Crippen LogP contribution >= 0.6 is 0 Å². The quantitative estimate of drug-likeness (QED) is 0.261. The number of carboxylic acids is 2. The Morgan fingerprint density at radius 1 is 0.656 bits per heavy atom. The maximum Gasteiger partial charge on any atom is 0.336 e. The molecular weight excluding hydrogens is 404 g/mol. The van der Waals surface area contributed by atoms with Crippen molar-refractivity contribution in [2.24, 2.45) is 0 Å². The summed E-state index contributed by atoms with van der Waals surface area (Å²) in [5, 5.41) is 18.3. The molecule has 2 N–H and O–H groups in total. The number of unbranched alkanes of at least 4 members (excludes halogenated alkanes) is 10. The summed E-state index contributed by atoms with van der Waals surface area (Å²) in [7, 11) is 0. The zero-order chi connectivity index (χ0) is 23.2. The lowest BCUT2D eigenvalue weighted by molar-refractivity contribution is 0.0651. The number of rotatable bonds is 16. The van der Waals surface area contributed by atoms with Crippen LogP contribution in [0.15, 0.2) is 42.5 Å². The molecular formula is C27H36O5. The third-order valence-corrected chi connectivity index (χ3v) is 5.68. The summed E-state index contributed by atoms with van der Waals surface area (Å²) in [4.78, 5) is 22.5. The molecule has 0 aliphatic rings. The Morgan fingerprint density at radius 2 is 1.16 bits per heavy atom. The zero-order valence-electron chi connectivity index (χ0n) is 19.1. The highest BCUT2D eigenvalue weighted by atomic mass is 16.5. The Kier molecular flexibility index (Phi) is 11.4. The van der Waals surface area contributed by atoms with E-state index in [1.165, 1.54) is 94.4 Å². The molecule has 32 heavy (non-hydrogen) atoms. The molecule has 0 amide bonds. The van der Waals surface area contributed by atoms with Gasteiger partial charge in [0.2, 0.25) is 0 Å². The Labute approximate surface area is 191 Å². The topological polar surface area (TPSA) is 83.8 Å². The van der Waals surface area contributed by atoms with Crippen LogP contribution in [0.4, 0.5) is 0 Å². The third-order valence-electron chi connectivity index (χ3n) is 5.68. The molecule has 0 unspecified atom stereocenters. The minimum Gasteiger partial charge on any atom is -0.478 e. The number of hydrogen-bond donors (Lipinski definition) is 2. The second-order valence-corrected chi connectivity index (χ2v) is 8.35. The fourth-order valence-electron chi connectivity index (χ4n) is 3.80. The molecule has 5 heteroatoms. The molecule has 0 aliphatic carbocycles. The summed E-state index contributed by atoms with van der Waals surface area (Å²) in [6, 6.07) is 11.7. The van der Waals surface area contributed by atoms with Crippen LogP contribution in [0.3, 0.4) is 0 Å². The van der Waals surface area contributed by atoms with E-state index >= 15 is 0 Å². The second-order valence-electron chi connectivity index (χ2n) is 8.35. The number of ether oxygens (including phenoxy) is 1. The second kappa shape index (κ2) is 14.3. The first kappa shape index (κ1) is 25.4. The van der Waals surface area contributed by atoms with Gasteiger partial charge >= 0.3 is 11.9 Å². The number of carbonyl (C=O) groups is 2. The summed E-state index contributed by atoms with van der Waals surface area (Å²) in [6.45, 7) is 2.25. The van der Waals surface area contributed by atoms with Crippen molar-refractivity contribution in [3.8, 4) is 11.5 Å². The summed E-state index contributed by atoms with van der Waals surface area (Å²) < 4.78 is 5.71. The van der Waals surface area contributed by atoms with Gasteiger partial charge in [-0.2, -0.15) is 0 Å². The van der Waals surface area contributed by atoms with Gasteiger partial charge in [0.15, 0.2) is 0 Å². The van der Waals surface area contributed by atoms with E-state index in [4.69, 9.17) is 9.84 Å². The molecule has 0 aliphatic heterocycles. The van der Waals surface area contributed by atoms with E-state index in [0.29, 0.717) is 11.5 Å². The molecule has 2 aromatic carbocycles. The minimum absolute atomic E-state index is 0.257. The molecule has 0 saturated heterocycles. The van der Waals surface area contributed by atoms with Crippen molar-refractivity contribution >= 4 is 11.9 Å². The fourth-order valence-corrected chi connectivity index (χ4v) is 3.80. The van der Waals surface area contributed by atoms with Crippen LogP contribution in [0.2, 0.25) is 0 Å². The number of hydrogen-bond acceptors (Lipinski definition) is 3. The molecule has 174 valence electrons. The minimum atomic E-state index is -1.30. The number of aryl methyl sites for hydroxylation is 1. The molecule has 5 nitrogen and oxygen atoms in total. The van der Waals surface area contributed by atoms with Gasteiger partial charge in [-0.1, -0.05) is 83.3 Å². The highest BCUT2D eigenvalue weighted by Crippen LogP contribution is 2.25. The van der Waals surface area contributed by atoms with Crippen molar-refractivity contribution in [1.82, 2.24) is 0 Å². The Balaban J connectivity index is 1.69. The predicted molar refractivity (Wildman–Crippen MR) is 127 cm³/mol. The molecule has 0 heterocycles. The molecule has 0 fully saturated rings. The van der Waals surface area contributed by atoms with Crippen LogP contribution in [0.5, 0.6) is 11.5 Å². The Bertz CT molecular complexity index is 842.